The van der Waals surface area contributed by atoms with E-state index in [1.165, 1.54) is 17.9 Å². The van der Waals surface area contributed by atoms with Gasteiger partial charge in [-0.05, 0) is 47.4 Å². The van der Waals surface area contributed by atoms with E-state index in [0.717, 1.165) is 24.5 Å². The molecule has 2 unspecified atom stereocenters. The summed E-state index contributed by atoms with van der Waals surface area (Å²) in [6.45, 7) is 2.98. The first kappa shape index (κ1) is 17.6. The topological polar surface area (TPSA) is 12.0 Å². The van der Waals surface area contributed by atoms with Gasteiger partial charge >= 0.3 is 0 Å². The molecule has 0 amide bonds. The van der Waals surface area contributed by atoms with Gasteiger partial charge in [0.05, 0.1) is 4.47 Å². The zero-order chi connectivity index (χ0) is 15.2. The summed E-state index contributed by atoms with van der Waals surface area (Å²) < 4.78 is 28.5. The van der Waals surface area contributed by atoms with E-state index in [0.29, 0.717) is 16.1 Å². The highest BCUT2D eigenvalue weighted by Gasteiger charge is 2.26. The lowest BCUT2D eigenvalue weighted by Gasteiger charge is -2.30. The van der Waals surface area contributed by atoms with Crippen LogP contribution in [0.15, 0.2) is 16.6 Å². The Kier molecular flexibility index (Phi) is 7.32. The van der Waals surface area contributed by atoms with Crippen molar-refractivity contribution in [2.24, 2.45) is 0 Å². The molecule has 1 fully saturated rings. The van der Waals surface area contributed by atoms with E-state index >= 15 is 0 Å². The number of halogens is 3. The summed E-state index contributed by atoms with van der Waals surface area (Å²) in [5.41, 5.74) is 0.189. The zero-order valence-corrected chi connectivity index (χ0v) is 15.2. The standard InChI is InChI=1S/C15H20BrF2NS2/c1-2-5-19-13(14-9-20-6-7-21-14)8-10-12(17)4-3-11(16)15(10)18/h3-4,13-14,19H,2,5-9H2,1H3. The van der Waals surface area contributed by atoms with Crippen LogP contribution in [0.2, 0.25) is 0 Å². The highest BCUT2D eigenvalue weighted by Crippen LogP contribution is 2.30. The molecule has 1 nitrogen and oxygen atoms in total. The van der Waals surface area contributed by atoms with Crippen molar-refractivity contribution in [3.05, 3.63) is 33.8 Å². The summed E-state index contributed by atoms with van der Waals surface area (Å²) in [6, 6.07) is 2.87. The second-order valence-corrected chi connectivity index (χ2v) is 8.42. The number of hydrogen-bond donors (Lipinski definition) is 1. The highest BCUT2D eigenvalue weighted by molar-refractivity contribution is 9.10. The third-order valence-corrected chi connectivity index (χ3v) is 7.04. The summed E-state index contributed by atoms with van der Waals surface area (Å²) in [7, 11) is 0. The van der Waals surface area contributed by atoms with Gasteiger partial charge in [0.1, 0.15) is 11.6 Å². The van der Waals surface area contributed by atoms with E-state index < -0.39 is 11.6 Å². The molecule has 1 N–H and O–H groups in total. The maximum absolute atomic E-state index is 14.2. The van der Waals surface area contributed by atoms with Crippen LogP contribution in [0, 0.1) is 11.6 Å². The molecule has 1 aromatic carbocycles. The molecule has 1 aliphatic heterocycles. The van der Waals surface area contributed by atoms with Crippen LogP contribution in [-0.4, -0.2) is 35.1 Å². The third kappa shape index (κ3) is 4.85. The number of benzene rings is 1. The lowest BCUT2D eigenvalue weighted by Crippen LogP contribution is -2.43. The zero-order valence-electron chi connectivity index (χ0n) is 12.0. The molecular weight excluding hydrogens is 376 g/mol. The lowest BCUT2D eigenvalue weighted by molar-refractivity contribution is 0.474. The number of nitrogens with one attached hydrogen (secondary N) is 1. The molecule has 0 saturated carbocycles. The van der Waals surface area contributed by atoms with Gasteiger partial charge in [0, 0.05) is 34.1 Å². The quantitative estimate of drug-likeness (QED) is 0.712. The van der Waals surface area contributed by atoms with Gasteiger partial charge in [-0.15, -0.1) is 0 Å². The maximum atomic E-state index is 14.2. The van der Waals surface area contributed by atoms with E-state index in [-0.39, 0.29) is 11.6 Å². The van der Waals surface area contributed by atoms with Crippen molar-refractivity contribution in [1.82, 2.24) is 5.32 Å². The molecule has 1 aromatic rings. The monoisotopic (exact) mass is 395 g/mol. The molecule has 21 heavy (non-hydrogen) atoms. The summed E-state index contributed by atoms with van der Waals surface area (Å²) in [6.07, 6.45) is 1.42. The van der Waals surface area contributed by atoms with Crippen molar-refractivity contribution in [1.29, 1.82) is 0 Å². The normalized spacial score (nSPS) is 20.5. The molecule has 0 bridgehead atoms. The molecule has 0 spiro atoms. The third-order valence-electron chi connectivity index (χ3n) is 3.51. The minimum absolute atomic E-state index is 0.112. The minimum Gasteiger partial charge on any atom is -0.313 e. The first-order chi connectivity index (χ1) is 10.1. The van der Waals surface area contributed by atoms with Gasteiger partial charge in [0.15, 0.2) is 0 Å². The van der Waals surface area contributed by atoms with Crippen LogP contribution in [0.4, 0.5) is 8.78 Å². The van der Waals surface area contributed by atoms with Gasteiger partial charge in [-0.1, -0.05) is 6.92 Å². The van der Waals surface area contributed by atoms with Gasteiger partial charge in [-0.3, -0.25) is 0 Å². The Morgan fingerprint density at radius 2 is 2.19 bits per heavy atom. The number of rotatable bonds is 6. The van der Waals surface area contributed by atoms with Crippen molar-refractivity contribution >= 4 is 39.5 Å². The van der Waals surface area contributed by atoms with Crippen LogP contribution < -0.4 is 5.32 Å². The molecule has 118 valence electrons. The van der Waals surface area contributed by atoms with Crippen molar-refractivity contribution in [3.63, 3.8) is 0 Å². The number of thioether (sulfide) groups is 2. The molecule has 1 heterocycles. The van der Waals surface area contributed by atoms with E-state index in [1.54, 1.807) is 0 Å². The number of hydrogen-bond acceptors (Lipinski definition) is 3. The summed E-state index contributed by atoms with van der Waals surface area (Å²) >= 11 is 6.99. The highest BCUT2D eigenvalue weighted by atomic mass is 79.9. The predicted octanol–water partition coefficient (Wildman–Crippen LogP) is 4.49. The SMILES string of the molecule is CCCNC(Cc1c(F)ccc(Br)c1F)C1CSCCS1. The van der Waals surface area contributed by atoms with Crippen molar-refractivity contribution in [3.8, 4) is 0 Å². The van der Waals surface area contributed by atoms with Crippen molar-refractivity contribution in [2.45, 2.75) is 31.1 Å². The van der Waals surface area contributed by atoms with E-state index in [4.69, 9.17) is 0 Å². The molecule has 2 rings (SSSR count). The van der Waals surface area contributed by atoms with Crippen LogP contribution in [0.3, 0.4) is 0 Å². The molecule has 1 aliphatic rings. The molecule has 0 aliphatic carbocycles. The Hall–Kier alpha value is 0.220. The molecular formula is C15H20BrF2NS2. The van der Waals surface area contributed by atoms with Gasteiger partial charge in [-0.2, -0.15) is 23.5 Å². The maximum Gasteiger partial charge on any atom is 0.143 e. The second-order valence-electron chi connectivity index (χ2n) is 5.07. The van der Waals surface area contributed by atoms with Crippen LogP contribution in [0.25, 0.3) is 0 Å². The molecule has 0 aromatic heterocycles. The largest absolute Gasteiger partial charge is 0.313 e. The van der Waals surface area contributed by atoms with E-state index in [2.05, 4.69) is 28.2 Å². The summed E-state index contributed by atoms with van der Waals surface area (Å²) in [4.78, 5) is 0. The molecule has 0 radical (unpaired) electrons. The Morgan fingerprint density at radius 1 is 1.38 bits per heavy atom. The molecule has 2 atom stereocenters. The van der Waals surface area contributed by atoms with Gasteiger partial charge in [0.2, 0.25) is 0 Å². The fourth-order valence-electron chi connectivity index (χ4n) is 2.38. The Labute approximate surface area is 142 Å². The van der Waals surface area contributed by atoms with Crippen LogP contribution >= 0.6 is 39.5 Å². The smallest absolute Gasteiger partial charge is 0.143 e. The minimum atomic E-state index is -0.466. The van der Waals surface area contributed by atoms with E-state index in [1.807, 2.05) is 23.5 Å². The van der Waals surface area contributed by atoms with Gasteiger partial charge < -0.3 is 5.32 Å². The molecule has 6 heteroatoms. The summed E-state index contributed by atoms with van der Waals surface area (Å²) in [5.74, 6) is 2.41. The lowest BCUT2D eigenvalue weighted by atomic mass is 10.0. The predicted molar refractivity (Wildman–Crippen MR) is 93.4 cm³/mol. The summed E-state index contributed by atoms with van der Waals surface area (Å²) in [5, 5.41) is 3.89. The Balaban J connectivity index is 2.15. The van der Waals surface area contributed by atoms with Crippen LogP contribution in [0.5, 0.6) is 0 Å². The van der Waals surface area contributed by atoms with Crippen LogP contribution in [0.1, 0.15) is 18.9 Å². The first-order valence-corrected chi connectivity index (χ1v) is 10.2. The van der Waals surface area contributed by atoms with Crippen molar-refractivity contribution in [2.75, 3.05) is 23.8 Å². The fraction of sp³-hybridized carbons (Fsp3) is 0.600. The fourth-order valence-corrected chi connectivity index (χ4v) is 5.64. The van der Waals surface area contributed by atoms with Gasteiger partial charge in [-0.25, -0.2) is 8.78 Å². The Bertz CT molecular complexity index is 467. The van der Waals surface area contributed by atoms with Gasteiger partial charge in [0.25, 0.3) is 0 Å². The first-order valence-electron chi connectivity index (χ1n) is 7.18. The average molecular weight is 396 g/mol. The van der Waals surface area contributed by atoms with Crippen molar-refractivity contribution < 1.29 is 8.78 Å². The second kappa shape index (κ2) is 8.75. The Morgan fingerprint density at radius 3 is 2.86 bits per heavy atom. The van der Waals surface area contributed by atoms with Crippen LogP contribution in [-0.2, 0) is 6.42 Å². The van der Waals surface area contributed by atoms with E-state index in [9.17, 15) is 8.78 Å². The molecule has 1 saturated heterocycles. The average Bonchev–Trinajstić information content (AvgIpc) is 2.51.